The quantitative estimate of drug-likeness (QED) is 0.747. The number of hydrogen-bond donors (Lipinski definition) is 0. The van der Waals surface area contributed by atoms with Gasteiger partial charge in [0.1, 0.15) is 6.54 Å². The van der Waals surface area contributed by atoms with Gasteiger partial charge in [-0.1, -0.05) is 6.92 Å². The molecular weight excluding hydrogens is 209 g/mol. The summed E-state index contributed by atoms with van der Waals surface area (Å²) in [4.78, 5) is 11.5. The molecule has 1 aromatic rings. The van der Waals surface area contributed by atoms with E-state index in [0.717, 1.165) is 4.57 Å². The van der Waals surface area contributed by atoms with Crippen LogP contribution in [0.5, 0.6) is 0 Å². The zero-order valence-electron chi connectivity index (χ0n) is 8.85. The molecule has 0 amide bonds. The van der Waals surface area contributed by atoms with E-state index in [-0.39, 0.29) is 0 Å². The lowest BCUT2D eigenvalue weighted by molar-refractivity contribution is -0.141. The second kappa shape index (κ2) is 3.75. The number of rotatable bonds is 2. The van der Waals surface area contributed by atoms with E-state index in [9.17, 15) is 18.0 Å². The molecule has 0 atom stereocenters. The van der Waals surface area contributed by atoms with Crippen LogP contribution in [-0.4, -0.2) is 15.3 Å². The lowest BCUT2D eigenvalue weighted by Gasteiger charge is -2.09. The molecule has 15 heavy (non-hydrogen) atoms. The Hall–Kier alpha value is -1.20. The van der Waals surface area contributed by atoms with Gasteiger partial charge < -0.3 is 0 Å². The minimum Gasteiger partial charge on any atom is -0.299 e. The molecule has 0 saturated heterocycles. The zero-order valence-corrected chi connectivity index (χ0v) is 8.85. The maximum Gasteiger partial charge on any atom is 0.406 e. The van der Waals surface area contributed by atoms with Gasteiger partial charge in [-0.15, -0.1) is 0 Å². The molecule has 86 valence electrons. The van der Waals surface area contributed by atoms with Crippen molar-refractivity contribution in [2.24, 2.45) is 7.05 Å². The first-order chi connectivity index (χ1) is 6.78. The second-order valence-corrected chi connectivity index (χ2v) is 3.43. The third-order valence-corrected chi connectivity index (χ3v) is 2.44. The number of aromatic nitrogens is 2. The summed E-state index contributed by atoms with van der Waals surface area (Å²) in [5.41, 5.74) is 0.424. The summed E-state index contributed by atoms with van der Waals surface area (Å²) in [5.74, 6) is 0. The molecule has 3 nitrogen and oxygen atoms in total. The average molecular weight is 222 g/mol. The summed E-state index contributed by atoms with van der Waals surface area (Å²) in [6, 6.07) is 0. The molecule has 0 aliphatic rings. The third kappa shape index (κ3) is 2.24. The molecule has 0 fully saturated rings. The van der Waals surface area contributed by atoms with Crippen LogP contribution in [0.1, 0.15) is 18.3 Å². The SMILES string of the molecule is CCc1c(C)n(C)c(=O)n1CC(F)(F)F. The van der Waals surface area contributed by atoms with Crippen molar-refractivity contribution in [2.75, 3.05) is 0 Å². The van der Waals surface area contributed by atoms with E-state index in [1.165, 1.54) is 11.6 Å². The van der Waals surface area contributed by atoms with Gasteiger partial charge in [0.2, 0.25) is 0 Å². The van der Waals surface area contributed by atoms with Crippen LogP contribution in [0, 0.1) is 6.92 Å². The third-order valence-electron chi connectivity index (χ3n) is 2.44. The maximum atomic E-state index is 12.2. The molecule has 0 N–H and O–H groups in total. The Morgan fingerprint density at radius 1 is 1.33 bits per heavy atom. The van der Waals surface area contributed by atoms with Gasteiger partial charge in [0.15, 0.2) is 0 Å². The second-order valence-electron chi connectivity index (χ2n) is 3.43. The van der Waals surface area contributed by atoms with Crippen LogP contribution < -0.4 is 5.69 Å². The average Bonchev–Trinajstić information content (AvgIpc) is 2.29. The smallest absolute Gasteiger partial charge is 0.299 e. The summed E-state index contributed by atoms with van der Waals surface area (Å²) < 4.78 is 38.7. The summed E-state index contributed by atoms with van der Waals surface area (Å²) in [6.07, 6.45) is -3.94. The Bertz CT molecular complexity index is 414. The van der Waals surface area contributed by atoms with Gasteiger partial charge in [0, 0.05) is 18.4 Å². The number of hydrogen-bond acceptors (Lipinski definition) is 1. The van der Waals surface area contributed by atoms with Crippen LogP contribution in [0.2, 0.25) is 0 Å². The van der Waals surface area contributed by atoms with Crippen molar-refractivity contribution in [3.63, 3.8) is 0 Å². The Labute approximate surface area is 85.1 Å². The molecule has 0 aliphatic carbocycles. The number of imidazole rings is 1. The van der Waals surface area contributed by atoms with Crippen LogP contribution in [0.25, 0.3) is 0 Å². The van der Waals surface area contributed by atoms with Crippen molar-refractivity contribution in [3.8, 4) is 0 Å². The molecule has 6 heteroatoms. The molecule has 1 rings (SSSR count). The first-order valence-electron chi connectivity index (χ1n) is 4.59. The topological polar surface area (TPSA) is 26.9 Å². The Morgan fingerprint density at radius 2 is 1.87 bits per heavy atom. The summed E-state index contributed by atoms with van der Waals surface area (Å²) in [5, 5.41) is 0. The molecule has 0 unspecified atom stereocenters. The summed E-state index contributed by atoms with van der Waals surface area (Å²) in [6.45, 7) is 2.17. The lowest BCUT2D eigenvalue weighted by Crippen LogP contribution is -2.29. The van der Waals surface area contributed by atoms with Crippen LogP contribution in [0.3, 0.4) is 0 Å². The summed E-state index contributed by atoms with van der Waals surface area (Å²) >= 11 is 0. The van der Waals surface area contributed by atoms with Crippen LogP contribution in [0.15, 0.2) is 4.79 Å². The van der Waals surface area contributed by atoms with Gasteiger partial charge in [-0.25, -0.2) is 4.79 Å². The van der Waals surface area contributed by atoms with Crippen molar-refractivity contribution in [2.45, 2.75) is 33.0 Å². The minimum atomic E-state index is -4.36. The maximum absolute atomic E-state index is 12.2. The standard InChI is InChI=1S/C9H13F3N2O/c1-4-7-6(2)13(3)8(15)14(7)5-9(10,11)12/h4-5H2,1-3H3. The highest BCUT2D eigenvalue weighted by Crippen LogP contribution is 2.18. The van der Waals surface area contributed by atoms with E-state index in [0.29, 0.717) is 17.8 Å². The van der Waals surface area contributed by atoms with Crippen molar-refractivity contribution < 1.29 is 13.2 Å². The van der Waals surface area contributed by atoms with Crippen molar-refractivity contribution in [1.82, 2.24) is 9.13 Å². The van der Waals surface area contributed by atoms with Gasteiger partial charge in [0.25, 0.3) is 0 Å². The molecule has 0 radical (unpaired) electrons. The number of halogens is 3. The molecule has 0 aromatic carbocycles. The summed E-state index contributed by atoms with van der Waals surface area (Å²) in [7, 11) is 1.48. The molecule has 0 aliphatic heterocycles. The Kier molecular flexibility index (Phi) is 2.97. The van der Waals surface area contributed by atoms with Gasteiger partial charge in [-0.3, -0.25) is 9.13 Å². The van der Waals surface area contributed by atoms with E-state index < -0.39 is 18.4 Å². The molecule has 0 bridgehead atoms. The van der Waals surface area contributed by atoms with Crippen LogP contribution >= 0.6 is 0 Å². The van der Waals surface area contributed by atoms with E-state index >= 15 is 0 Å². The fourth-order valence-electron chi connectivity index (χ4n) is 1.62. The van der Waals surface area contributed by atoms with Gasteiger partial charge >= 0.3 is 11.9 Å². The fraction of sp³-hybridized carbons (Fsp3) is 0.667. The normalized spacial score (nSPS) is 12.1. The first-order valence-corrected chi connectivity index (χ1v) is 4.59. The lowest BCUT2D eigenvalue weighted by atomic mass is 10.3. The van der Waals surface area contributed by atoms with E-state index in [4.69, 9.17) is 0 Å². The van der Waals surface area contributed by atoms with Gasteiger partial charge in [0.05, 0.1) is 0 Å². The highest BCUT2D eigenvalue weighted by molar-refractivity contribution is 5.13. The van der Waals surface area contributed by atoms with Crippen molar-refractivity contribution in [3.05, 3.63) is 21.9 Å². The van der Waals surface area contributed by atoms with Crippen LogP contribution in [0.4, 0.5) is 13.2 Å². The van der Waals surface area contributed by atoms with Gasteiger partial charge in [-0.2, -0.15) is 13.2 Å². The molecule has 0 spiro atoms. The van der Waals surface area contributed by atoms with Crippen molar-refractivity contribution in [1.29, 1.82) is 0 Å². The Balaban J connectivity index is 3.29. The van der Waals surface area contributed by atoms with Crippen molar-refractivity contribution >= 4 is 0 Å². The van der Waals surface area contributed by atoms with E-state index in [2.05, 4.69) is 0 Å². The van der Waals surface area contributed by atoms with E-state index in [1.54, 1.807) is 13.8 Å². The first kappa shape index (κ1) is 11.9. The highest BCUT2D eigenvalue weighted by Gasteiger charge is 2.30. The monoisotopic (exact) mass is 222 g/mol. The fourth-order valence-corrected chi connectivity index (χ4v) is 1.62. The van der Waals surface area contributed by atoms with Gasteiger partial charge in [-0.05, 0) is 13.3 Å². The molecule has 0 saturated carbocycles. The molecule has 1 heterocycles. The Morgan fingerprint density at radius 3 is 2.27 bits per heavy atom. The largest absolute Gasteiger partial charge is 0.406 e. The predicted molar refractivity (Wildman–Crippen MR) is 49.8 cm³/mol. The zero-order chi connectivity index (χ0) is 11.8. The molecule has 1 aromatic heterocycles. The van der Waals surface area contributed by atoms with Crippen LogP contribution in [-0.2, 0) is 20.0 Å². The number of alkyl halides is 3. The predicted octanol–water partition coefficient (Wildman–Crippen LogP) is 1.62. The minimum absolute atomic E-state index is 0.415. The highest BCUT2D eigenvalue weighted by atomic mass is 19.4. The number of nitrogens with zero attached hydrogens (tertiary/aromatic N) is 2. The molecular formula is C9H13F3N2O. The van der Waals surface area contributed by atoms with E-state index in [1.807, 2.05) is 0 Å².